The molecule has 0 bridgehead atoms. The Morgan fingerprint density at radius 3 is 2.51 bits per heavy atom. The fourth-order valence-electron chi connectivity index (χ4n) is 4.83. The summed E-state index contributed by atoms with van der Waals surface area (Å²) in [5.41, 5.74) is 4.38. The van der Waals surface area contributed by atoms with E-state index in [9.17, 15) is 18.0 Å². The van der Waals surface area contributed by atoms with E-state index < -0.39 is 17.8 Å². The Morgan fingerprint density at radius 1 is 1.12 bits per heavy atom. The fraction of sp³-hybridized carbons (Fsp3) is 0.321. The van der Waals surface area contributed by atoms with Gasteiger partial charge in [-0.05, 0) is 31.0 Å². The number of carbonyl (C=O) groups is 1. The summed E-state index contributed by atoms with van der Waals surface area (Å²) >= 11 is 0. The summed E-state index contributed by atoms with van der Waals surface area (Å²) in [4.78, 5) is 19.7. The van der Waals surface area contributed by atoms with Crippen LogP contribution in [-0.2, 0) is 4.74 Å². The molecular formula is C28H33F3N8O2. The first-order valence-corrected chi connectivity index (χ1v) is 13.1. The molecule has 7 N–H and O–H groups in total. The smallest absolute Gasteiger partial charge is 0.323 e. The average Bonchev–Trinajstić information content (AvgIpc) is 2.96. The van der Waals surface area contributed by atoms with Crippen molar-refractivity contribution in [2.75, 3.05) is 35.8 Å². The van der Waals surface area contributed by atoms with Gasteiger partial charge in [0, 0.05) is 55.4 Å². The van der Waals surface area contributed by atoms with Crippen LogP contribution in [0.4, 0.5) is 35.2 Å². The summed E-state index contributed by atoms with van der Waals surface area (Å²) in [6.45, 7) is 0.707. The van der Waals surface area contributed by atoms with Gasteiger partial charge in [-0.2, -0.15) is 5.10 Å². The van der Waals surface area contributed by atoms with E-state index in [2.05, 4.69) is 21.2 Å². The predicted molar refractivity (Wildman–Crippen MR) is 153 cm³/mol. The Morgan fingerprint density at radius 2 is 1.83 bits per heavy atom. The number of para-hydroxylation sites is 1. The van der Waals surface area contributed by atoms with Crippen LogP contribution in [0.5, 0.6) is 0 Å². The maximum Gasteiger partial charge on any atom is 0.323 e. The molecule has 1 aromatic heterocycles. The van der Waals surface area contributed by atoms with Crippen molar-refractivity contribution in [2.45, 2.75) is 37.6 Å². The van der Waals surface area contributed by atoms with E-state index in [4.69, 9.17) is 21.4 Å². The van der Waals surface area contributed by atoms with Gasteiger partial charge in [0.1, 0.15) is 11.6 Å². The quantitative estimate of drug-likeness (QED) is 0.109. The Kier molecular flexibility index (Phi) is 9.63. The normalized spacial score (nSPS) is 15.3. The number of aromatic nitrogens is 1. The zero-order valence-corrected chi connectivity index (χ0v) is 22.5. The lowest BCUT2D eigenvalue weighted by Gasteiger charge is -2.38. The van der Waals surface area contributed by atoms with Gasteiger partial charge in [0.25, 0.3) is 0 Å². The highest BCUT2D eigenvalue weighted by Crippen LogP contribution is 2.37. The van der Waals surface area contributed by atoms with Gasteiger partial charge in [-0.25, -0.2) is 28.8 Å². The van der Waals surface area contributed by atoms with Gasteiger partial charge in [0.15, 0.2) is 5.84 Å². The number of nitrogens with two attached hydrogens (primary N) is 2. The number of carbonyl (C=O) groups excluding carboxylic acids is 1. The summed E-state index contributed by atoms with van der Waals surface area (Å²) in [5.74, 6) is 8.53. The van der Waals surface area contributed by atoms with Crippen LogP contribution in [0.1, 0.15) is 31.2 Å². The van der Waals surface area contributed by atoms with Crippen molar-refractivity contribution in [1.82, 2.24) is 10.4 Å². The second-order valence-corrected chi connectivity index (χ2v) is 9.60. The lowest BCUT2D eigenvalue weighted by Crippen LogP contribution is -2.43. The van der Waals surface area contributed by atoms with Gasteiger partial charge >= 0.3 is 6.03 Å². The molecule has 1 aliphatic rings. The highest BCUT2D eigenvalue weighted by molar-refractivity contribution is 6.04. The van der Waals surface area contributed by atoms with Crippen LogP contribution in [0.15, 0.2) is 65.8 Å². The third-order valence-electron chi connectivity index (χ3n) is 6.87. The number of nitrogens with one attached hydrogen (secondary N) is 3. The molecule has 0 spiro atoms. The van der Waals surface area contributed by atoms with Gasteiger partial charge in [-0.3, -0.25) is 0 Å². The zero-order valence-electron chi connectivity index (χ0n) is 22.5. The van der Waals surface area contributed by atoms with E-state index in [0.717, 1.165) is 0 Å². The zero-order chi connectivity index (χ0) is 29.4. The highest BCUT2D eigenvalue weighted by Gasteiger charge is 2.37. The van der Waals surface area contributed by atoms with Crippen LogP contribution in [0.2, 0.25) is 0 Å². The van der Waals surface area contributed by atoms with E-state index in [1.807, 2.05) is 4.90 Å². The summed E-state index contributed by atoms with van der Waals surface area (Å²) in [6, 6.07) is 15.3. The number of hydrazone groups is 1. The van der Waals surface area contributed by atoms with E-state index in [1.165, 1.54) is 18.2 Å². The van der Waals surface area contributed by atoms with Crippen molar-refractivity contribution in [3.05, 3.63) is 72.0 Å². The molecule has 218 valence electrons. The van der Waals surface area contributed by atoms with Gasteiger partial charge in [-0.15, -0.1) is 0 Å². The molecule has 1 heterocycles. The number of anilines is 3. The van der Waals surface area contributed by atoms with E-state index in [1.54, 1.807) is 49.6 Å². The topological polar surface area (TPSA) is 143 Å². The number of pyridine rings is 1. The van der Waals surface area contributed by atoms with Crippen LogP contribution in [0, 0.1) is 5.82 Å². The summed E-state index contributed by atoms with van der Waals surface area (Å²) in [7, 11) is 1.56. The third kappa shape index (κ3) is 7.44. The van der Waals surface area contributed by atoms with Gasteiger partial charge < -0.3 is 31.5 Å². The van der Waals surface area contributed by atoms with Crippen LogP contribution < -0.4 is 32.6 Å². The Bertz CT molecular complexity index is 1380. The van der Waals surface area contributed by atoms with E-state index in [0.29, 0.717) is 41.5 Å². The van der Waals surface area contributed by atoms with Crippen molar-refractivity contribution in [1.29, 1.82) is 0 Å². The van der Waals surface area contributed by atoms with Crippen LogP contribution >= 0.6 is 0 Å². The third-order valence-corrected chi connectivity index (χ3v) is 6.87. The number of hydrogen-bond acceptors (Lipinski definition) is 7. The molecule has 2 aromatic carbocycles. The van der Waals surface area contributed by atoms with E-state index >= 15 is 0 Å². The van der Waals surface area contributed by atoms with Crippen molar-refractivity contribution in [3.63, 3.8) is 0 Å². The number of amidine groups is 1. The summed E-state index contributed by atoms with van der Waals surface area (Å²) in [5, 5.41) is 8.95. The minimum absolute atomic E-state index is 0.00697. The number of benzene rings is 2. The Hall–Kier alpha value is -4.36. The molecule has 1 fully saturated rings. The number of amides is 2. The minimum Gasteiger partial charge on any atom is -0.383 e. The number of ether oxygens (including phenoxy) is 1. The average molecular weight is 571 g/mol. The van der Waals surface area contributed by atoms with Crippen molar-refractivity contribution in [2.24, 2.45) is 16.8 Å². The fourth-order valence-corrected chi connectivity index (χ4v) is 4.83. The molecule has 3 aromatic rings. The first-order valence-electron chi connectivity index (χ1n) is 13.1. The van der Waals surface area contributed by atoms with Crippen molar-refractivity contribution >= 4 is 29.1 Å². The van der Waals surface area contributed by atoms with E-state index in [-0.39, 0.29) is 43.2 Å². The number of alkyl halides is 2. The van der Waals surface area contributed by atoms with Gasteiger partial charge in [-0.1, -0.05) is 36.4 Å². The molecule has 0 aliphatic heterocycles. The number of rotatable bonds is 9. The van der Waals surface area contributed by atoms with Crippen LogP contribution in [-0.4, -0.2) is 49.1 Å². The second kappa shape index (κ2) is 13.3. The molecule has 0 saturated heterocycles. The number of urea groups is 1. The number of halogens is 3. The largest absolute Gasteiger partial charge is 0.383 e. The molecule has 2 amide bonds. The maximum absolute atomic E-state index is 14.1. The molecule has 1 saturated carbocycles. The molecule has 0 unspecified atom stereocenters. The maximum atomic E-state index is 14.1. The highest BCUT2D eigenvalue weighted by atomic mass is 19.3. The first kappa shape index (κ1) is 29.6. The number of hydrogen-bond donors (Lipinski definition) is 5. The molecule has 41 heavy (non-hydrogen) atoms. The monoisotopic (exact) mass is 570 g/mol. The molecule has 13 heteroatoms. The number of nitrogens with zero attached hydrogens (tertiary/aromatic N) is 3. The molecule has 0 radical (unpaired) electrons. The molecule has 1 aliphatic carbocycles. The van der Waals surface area contributed by atoms with Crippen molar-refractivity contribution < 1.29 is 22.7 Å². The summed E-state index contributed by atoms with van der Waals surface area (Å²) < 4.78 is 47.5. The summed E-state index contributed by atoms with van der Waals surface area (Å²) in [6.07, 6.45) is 0.0459. The predicted octanol–water partition coefficient (Wildman–Crippen LogP) is 4.65. The molecule has 0 atom stereocenters. The lowest BCUT2D eigenvalue weighted by molar-refractivity contribution is -0.0383. The minimum atomic E-state index is -2.71. The van der Waals surface area contributed by atoms with Gasteiger partial charge in [0.05, 0.1) is 18.0 Å². The van der Waals surface area contributed by atoms with Crippen molar-refractivity contribution in [3.8, 4) is 11.3 Å². The molecular weight excluding hydrogens is 537 g/mol. The standard InChI is InChI=1S/C28H33F3N8O2/c1-41-15-14-39(19-10-12-28(30,31)13-11-19)25-17-18(34-27(40)36-23-9-5-4-8-22(23)29)16-24(35-25)20-6-2-3-7-21(20)26(37-32)38-33/h2-9,16-17,19H,10-15,32-33H2,1H3,(H,37,38)(H2,34,35,36,40). The Labute approximate surface area is 235 Å². The molecule has 10 nitrogen and oxygen atoms in total. The number of hydrazine groups is 1. The first-order chi connectivity index (χ1) is 19.7. The second-order valence-electron chi connectivity index (χ2n) is 9.60. The van der Waals surface area contributed by atoms with Crippen LogP contribution in [0.25, 0.3) is 11.3 Å². The van der Waals surface area contributed by atoms with Gasteiger partial charge in [0.2, 0.25) is 5.92 Å². The SMILES string of the molecule is COCCN(c1cc(NC(=O)Nc2ccccc2F)cc(-c2ccccc2/C(=N/N)NN)n1)C1CCC(F)(F)CC1. The lowest BCUT2D eigenvalue weighted by atomic mass is 9.91. The molecule has 4 rings (SSSR count). The van der Waals surface area contributed by atoms with Crippen LogP contribution in [0.3, 0.4) is 0 Å². The Balaban J connectivity index is 1.77. The number of methoxy groups -OCH3 is 1.